The van der Waals surface area contributed by atoms with E-state index in [4.69, 9.17) is 15.1 Å². The van der Waals surface area contributed by atoms with Gasteiger partial charge in [0.2, 0.25) is 0 Å². The third kappa shape index (κ3) is 2.77. The third-order valence-electron chi connectivity index (χ3n) is 5.38. The quantitative estimate of drug-likeness (QED) is 0.516. The van der Waals surface area contributed by atoms with E-state index in [9.17, 15) is 4.39 Å². The van der Waals surface area contributed by atoms with Crippen LogP contribution in [0.25, 0.3) is 11.3 Å². The number of rotatable bonds is 2. The summed E-state index contributed by atoms with van der Waals surface area (Å²) >= 11 is 0. The molecule has 0 N–H and O–H groups in total. The van der Waals surface area contributed by atoms with E-state index in [0.717, 1.165) is 46.3 Å². The van der Waals surface area contributed by atoms with Crippen molar-refractivity contribution in [1.82, 2.24) is 29.0 Å². The summed E-state index contributed by atoms with van der Waals surface area (Å²) < 4.78 is 17.6. The molecule has 0 aromatic carbocycles. The van der Waals surface area contributed by atoms with E-state index in [0.29, 0.717) is 5.56 Å². The van der Waals surface area contributed by atoms with E-state index >= 15 is 0 Å². The lowest BCUT2D eigenvalue weighted by Gasteiger charge is -2.00. The van der Waals surface area contributed by atoms with Crippen molar-refractivity contribution in [2.75, 3.05) is 0 Å². The van der Waals surface area contributed by atoms with E-state index in [-0.39, 0.29) is 17.7 Å². The average molecular weight is 380 g/mol. The van der Waals surface area contributed by atoms with Gasteiger partial charge in [0.05, 0.1) is 17.1 Å². The molecule has 2 unspecified atom stereocenters. The maximum atomic E-state index is 13.9. The third-order valence-corrected chi connectivity index (χ3v) is 5.38. The molecule has 28 heavy (non-hydrogen) atoms. The van der Waals surface area contributed by atoms with Crippen LogP contribution < -0.4 is 0 Å². The second-order valence-corrected chi connectivity index (χ2v) is 7.25. The van der Waals surface area contributed by atoms with Crippen LogP contribution in [0.1, 0.15) is 66.3 Å². The molecule has 0 bridgehead atoms. The van der Waals surface area contributed by atoms with Gasteiger partial charge in [-0.15, -0.1) is 0 Å². The first-order valence-electron chi connectivity index (χ1n) is 9.77. The summed E-state index contributed by atoms with van der Waals surface area (Å²) in [6, 6.07) is 1.80. The molecular formula is C21H25FN6. The molecule has 0 amide bonds. The Balaban J connectivity index is 0.000000932. The number of nitrogens with zero attached hydrogens (tertiary/aromatic N) is 6. The SMILES string of the molecule is CC.Cc1cc2nc(C3CC3c3nc4c(C)ncc(C)n4n3)c(C)n2cc1F. The molecule has 146 valence electrons. The number of pyridine rings is 1. The molecule has 2 atom stereocenters. The molecule has 4 heterocycles. The molecule has 1 saturated carbocycles. The first-order chi connectivity index (χ1) is 13.4. The minimum absolute atomic E-state index is 0.211. The van der Waals surface area contributed by atoms with Crippen molar-refractivity contribution in [3.05, 3.63) is 58.4 Å². The Kier molecular flexibility index (Phi) is 4.40. The molecule has 6 nitrogen and oxygen atoms in total. The van der Waals surface area contributed by atoms with Gasteiger partial charge in [0.25, 0.3) is 0 Å². The minimum atomic E-state index is -0.211. The lowest BCUT2D eigenvalue weighted by molar-refractivity contribution is 0.609. The summed E-state index contributed by atoms with van der Waals surface area (Å²) in [5, 5.41) is 4.69. The second kappa shape index (κ2) is 6.65. The standard InChI is InChI=1S/C19H19FN6.C2H6/c1-9-5-16-22-17(12(4)25(16)8-15(9)20)13-6-14(13)18-23-19-11(3)21-7-10(2)26(19)24-18;1-2/h5,7-8,13-14H,6H2,1-4H3;1-2H3. The van der Waals surface area contributed by atoms with Crippen LogP contribution in [0.2, 0.25) is 0 Å². The Bertz CT molecular complexity index is 1150. The Morgan fingerprint density at radius 2 is 1.82 bits per heavy atom. The maximum Gasteiger partial charge on any atom is 0.177 e. The summed E-state index contributed by atoms with van der Waals surface area (Å²) in [7, 11) is 0. The summed E-state index contributed by atoms with van der Waals surface area (Å²) in [5.41, 5.74) is 6.07. The molecule has 0 radical (unpaired) electrons. The van der Waals surface area contributed by atoms with Gasteiger partial charge in [-0.05, 0) is 45.7 Å². The molecule has 1 aliphatic rings. The first kappa shape index (κ1) is 18.5. The summed E-state index contributed by atoms with van der Waals surface area (Å²) in [5.74, 6) is 1.16. The average Bonchev–Trinajstić information content (AvgIpc) is 3.24. The van der Waals surface area contributed by atoms with Crippen molar-refractivity contribution < 1.29 is 4.39 Å². The summed E-state index contributed by atoms with van der Waals surface area (Å²) in [4.78, 5) is 13.8. The van der Waals surface area contributed by atoms with E-state index in [1.807, 2.05) is 49.7 Å². The fourth-order valence-electron chi connectivity index (χ4n) is 3.70. The largest absolute Gasteiger partial charge is 0.301 e. The van der Waals surface area contributed by atoms with E-state index in [1.54, 1.807) is 13.0 Å². The van der Waals surface area contributed by atoms with Gasteiger partial charge in [-0.25, -0.2) is 18.9 Å². The van der Waals surface area contributed by atoms with Crippen LogP contribution in [0, 0.1) is 33.5 Å². The molecule has 0 aliphatic heterocycles. The van der Waals surface area contributed by atoms with Crippen molar-refractivity contribution >= 4 is 11.3 Å². The zero-order chi connectivity index (χ0) is 20.2. The molecule has 5 rings (SSSR count). The molecule has 7 heteroatoms. The predicted octanol–water partition coefficient (Wildman–Crippen LogP) is 4.44. The van der Waals surface area contributed by atoms with Crippen molar-refractivity contribution in [2.45, 2.75) is 59.8 Å². The lowest BCUT2D eigenvalue weighted by Crippen LogP contribution is -1.97. The van der Waals surface area contributed by atoms with Gasteiger partial charge in [0, 0.05) is 29.9 Å². The van der Waals surface area contributed by atoms with Crippen LogP contribution >= 0.6 is 0 Å². The molecule has 1 aliphatic carbocycles. The predicted molar refractivity (Wildman–Crippen MR) is 106 cm³/mol. The van der Waals surface area contributed by atoms with Gasteiger partial charge < -0.3 is 4.40 Å². The highest BCUT2D eigenvalue weighted by atomic mass is 19.1. The molecule has 0 spiro atoms. The van der Waals surface area contributed by atoms with E-state index in [2.05, 4.69) is 4.98 Å². The number of imidazole rings is 1. The maximum absolute atomic E-state index is 13.9. The Hall–Kier alpha value is -2.83. The summed E-state index contributed by atoms with van der Waals surface area (Å²) in [6.45, 7) is 11.7. The smallest absolute Gasteiger partial charge is 0.177 e. The normalized spacial score (nSPS) is 18.4. The highest BCUT2D eigenvalue weighted by Crippen LogP contribution is 2.54. The Morgan fingerprint density at radius 3 is 2.54 bits per heavy atom. The molecule has 4 aromatic heterocycles. The van der Waals surface area contributed by atoms with Crippen LogP contribution in [0.15, 0.2) is 18.5 Å². The van der Waals surface area contributed by atoms with E-state index < -0.39 is 0 Å². The highest BCUT2D eigenvalue weighted by molar-refractivity contribution is 5.49. The number of fused-ring (bicyclic) bond motifs is 2. The Morgan fingerprint density at radius 1 is 1.07 bits per heavy atom. The second-order valence-electron chi connectivity index (χ2n) is 7.25. The minimum Gasteiger partial charge on any atom is -0.301 e. The molecule has 4 aromatic rings. The van der Waals surface area contributed by atoms with Gasteiger partial charge in [-0.2, -0.15) is 5.10 Å². The van der Waals surface area contributed by atoms with Crippen molar-refractivity contribution in [3.8, 4) is 0 Å². The van der Waals surface area contributed by atoms with Gasteiger partial charge in [-0.3, -0.25) is 4.98 Å². The Labute approximate surface area is 163 Å². The van der Waals surface area contributed by atoms with E-state index in [1.165, 1.54) is 6.20 Å². The number of aryl methyl sites for hydroxylation is 4. The van der Waals surface area contributed by atoms with Gasteiger partial charge in [-0.1, -0.05) is 13.8 Å². The van der Waals surface area contributed by atoms with Crippen LogP contribution in [-0.4, -0.2) is 29.0 Å². The topological polar surface area (TPSA) is 60.4 Å². The zero-order valence-electron chi connectivity index (χ0n) is 17.2. The van der Waals surface area contributed by atoms with Crippen LogP contribution in [0.4, 0.5) is 4.39 Å². The molecule has 0 saturated heterocycles. The molecular weight excluding hydrogens is 355 g/mol. The first-order valence-corrected chi connectivity index (χ1v) is 9.77. The summed E-state index contributed by atoms with van der Waals surface area (Å²) in [6.07, 6.45) is 4.30. The van der Waals surface area contributed by atoms with Gasteiger partial charge in [0.1, 0.15) is 11.5 Å². The van der Waals surface area contributed by atoms with Crippen LogP contribution in [-0.2, 0) is 0 Å². The number of halogens is 1. The fraction of sp³-hybridized carbons (Fsp3) is 0.429. The lowest BCUT2D eigenvalue weighted by atomic mass is 10.2. The number of hydrogen-bond acceptors (Lipinski definition) is 4. The zero-order valence-corrected chi connectivity index (χ0v) is 17.2. The monoisotopic (exact) mass is 380 g/mol. The number of hydrogen-bond donors (Lipinski definition) is 0. The fourth-order valence-corrected chi connectivity index (χ4v) is 3.70. The van der Waals surface area contributed by atoms with Crippen molar-refractivity contribution in [1.29, 1.82) is 0 Å². The van der Waals surface area contributed by atoms with Gasteiger partial charge >= 0.3 is 0 Å². The van der Waals surface area contributed by atoms with Crippen LogP contribution in [0.5, 0.6) is 0 Å². The van der Waals surface area contributed by atoms with Crippen molar-refractivity contribution in [3.63, 3.8) is 0 Å². The molecule has 1 fully saturated rings. The highest BCUT2D eigenvalue weighted by Gasteiger charge is 2.45. The van der Waals surface area contributed by atoms with Crippen molar-refractivity contribution in [2.24, 2.45) is 0 Å². The van der Waals surface area contributed by atoms with Crippen LogP contribution in [0.3, 0.4) is 0 Å². The number of aromatic nitrogens is 6. The van der Waals surface area contributed by atoms with Gasteiger partial charge in [0.15, 0.2) is 11.5 Å².